The van der Waals surface area contributed by atoms with Crippen molar-refractivity contribution in [1.29, 1.82) is 0 Å². The SMILES string of the molecule is C(CNCc1ccccc1)=C(c1ccccc1)c1ccccc1.NC=O. The molecule has 0 atom stereocenters. The lowest BCUT2D eigenvalue weighted by Gasteiger charge is -2.09. The van der Waals surface area contributed by atoms with Gasteiger partial charge in [0, 0.05) is 13.1 Å². The van der Waals surface area contributed by atoms with Gasteiger partial charge in [-0.1, -0.05) is 97.1 Å². The van der Waals surface area contributed by atoms with Crippen LogP contribution >= 0.6 is 0 Å². The molecule has 0 bridgehead atoms. The van der Waals surface area contributed by atoms with Gasteiger partial charge in [0.2, 0.25) is 6.41 Å². The van der Waals surface area contributed by atoms with Gasteiger partial charge in [0.05, 0.1) is 0 Å². The van der Waals surface area contributed by atoms with Crippen molar-refractivity contribution in [3.63, 3.8) is 0 Å². The van der Waals surface area contributed by atoms with Gasteiger partial charge in [-0.05, 0) is 22.3 Å². The van der Waals surface area contributed by atoms with E-state index in [0.717, 1.165) is 13.1 Å². The van der Waals surface area contributed by atoms with Gasteiger partial charge < -0.3 is 11.1 Å². The molecular weight excluding hydrogens is 320 g/mol. The molecule has 0 radical (unpaired) electrons. The summed E-state index contributed by atoms with van der Waals surface area (Å²) in [6.45, 7) is 1.72. The Morgan fingerprint density at radius 1 is 0.769 bits per heavy atom. The van der Waals surface area contributed by atoms with Crippen LogP contribution < -0.4 is 11.1 Å². The maximum absolute atomic E-state index is 8.58. The highest BCUT2D eigenvalue weighted by molar-refractivity contribution is 5.79. The molecular formula is C23H24N2O. The van der Waals surface area contributed by atoms with Crippen molar-refractivity contribution in [2.45, 2.75) is 6.54 Å². The van der Waals surface area contributed by atoms with Gasteiger partial charge in [-0.2, -0.15) is 0 Å². The van der Waals surface area contributed by atoms with Crippen LogP contribution in [0.2, 0.25) is 0 Å². The fourth-order valence-corrected chi connectivity index (χ4v) is 2.62. The minimum absolute atomic E-state index is 0.250. The van der Waals surface area contributed by atoms with Crippen molar-refractivity contribution in [1.82, 2.24) is 5.32 Å². The van der Waals surface area contributed by atoms with Crippen LogP contribution in [0.25, 0.3) is 5.57 Å². The van der Waals surface area contributed by atoms with Crippen LogP contribution in [0.5, 0.6) is 0 Å². The second-order valence-corrected chi connectivity index (χ2v) is 5.60. The molecule has 3 N–H and O–H groups in total. The van der Waals surface area contributed by atoms with E-state index in [-0.39, 0.29) is 6.41 Å². The van der Waals surface area contributed by atoms with E-state index in [1.54, 1.807) is 0 Å². The number of primary amides is 1. The molecule has 0 aliphatic carbocycles. The zero-order valence-corrected chi connectivity index (χ0v) is 14.7. The van der Waals surface area contributed by atoms with Gasteiger partial charge in [-0.15, -0.1) is 0 Å². The normalized spacial score (nSPS) is 9.54. The number of carbonyl (C=O) groups is 1. The van der Waals surface area contributed by atoms with E-state index in [2.05, 4.69) is 102 Å². The molecule has 132 valence electrons. The Balaban J connectivity index is 0.000000758. The largest absolute Gasteiger partial charge is 0.372 e. The van der Waals surface area contributed by atoms with E-state index in [4.69, 9.17) is 4.79 Å². The molecule has 26 heavy (non-hydrogen) atoms. The number of amides is 1. The van der Waals surface area contributed by atoms with E-state index in [0.29, 0.717) is 0 Å². The Kier molecular flexibility index (Phi) is 8.40. The Bertz CT molecular complexity index is 743. The molecule has 3 aromatic carbocycles. The summed E-state index contributed by atoms with van der Waals surface area (Å²) in [5.74, 6) is 0. The summed E-state index contributed by atoms with van der Waals surface area (Å²) in [6.07, 6.45) is 2.52. The van der Waals surface area contributed by atoms with Gasteiger partial charge in [0.25, 0.3) is 0 Å². The number of rotatable bonds is 6. The maximum atomic E-state index is 8.58. The van der Waals surface area contributed by atoms with Gasteiger partial charge in [0.1, 0.15) is 0 Å². The van der Waals surface area contributed by atoms with E-state index < -0.39 is 0 Å². The Labute approximate surface area is 155 Å². The number of benzene rings is 3. The van der Waals surface area contributed by atoms with Crippen molar-refractivity contribution >= 4 is 12.0 Å². The minimum Gasteiger partial charge on any atom is -0.372 e. The third kappa shape index (κ3) is 6.38. The first-order valence-electron chi connectivity index (χ1n) is 8.56. The summed E-state index contributed by atoms with van der Waals surface area (Å²) in [7, 11) is 0. The summed E-state index contributed by atoms with van der Waals surface area (Å²) >= 11 is 0. The smallest absolute Gasteiger partial charge is 0.204 e. The van der Waals surface area contributed by atoms with Gasteiger partial charge in [-0.3, -0.25) is 4.79 Å². The van der Waals surface area contributed by atoms with Crippen LogP contribution in [0.1, 0.15) is 16.7 Å². The summed E-state index contributed by atoms with van der Waals surface area (Å²) in [6, 6.07) is 31.6. The van der Waals surface area contributed by atoms with Crippen LogP contribution in [0.15, 0.2) is 97.1 Å². The number of nitrogens with one attached hydrogen (secondary N) is 1. The Hall–Kier alpha value is -3.17. The molecule has 0 fully saturated rings. The predicted molar refractivity (Wildman–Crippen MR) is 108 cm³/mol. The molecule has 0 saturated heterocycles. The molecule has 0 aliphatic heterocycles. The number of hydrogen-bond acceptors (Lipinski definition) is 2. The van der Waals surface area contributed by atoms with E-state index in [1.165, 1.54) is 22.3 Å². The maximum Gasteiger partial charge on any atom is 0.204 e. The third-order valence-corrected chi connectivity index (χ3v) is 3.79. The van der Waals surface area contributed by atoms with E-state index in [1.807, 2.05) is 6.07 Å². The van der Waals surface area contributed by atoms with Crippen LogP contribution in [0, 0.1) is 0 Å². The lowest BCUT2D eigenvalue weighted by atomic mass is 9.97. The first-order valence-corrected chi connectivity index (χ1v) is 8.56. The molecule has 0 spiro atoms. The molecule has 3 heteroatoms. The van der Waals surface area contributed by atoms with Crippen molar-refractivity contribution < 1.29 is 4.79 Å². The fourth-order valence-electron chi connectivity index (χ4n) is 2.62. The molecule has 0 aromatic heterocycles. The Morgan fingerprint density at radius 2 is 1.19 bits per heavy atom. The number of nitrogens with two attached hydrogens (primary N) is 1. The van der Waals surface area contributed by atoms with Crippen molar-refractivity contribution in [2.24, 2.45) is 5.73 Å². The molecule has 0 saturated carbocycles. The van der Waals surface area contributed by atoms with Crippen molar-refractivity contribution in [2.75, 3.05) is 6.54 Å². The van der Waals surface area contributed by atoms with Gasteiger partial charge in [0.15, 0.2) is 0 Å². The monoisotopic (exact) mass is 344 g/mol. The second-order valence-electron chi connectivity index (χ2n) is 5.60. The molecule has 3 rings (SSSR count). The van der Waals surface area contributed by atoms with Crippen molar-refractivity contribution in [3.05, 3.63) is 114 Å². The van der Waals surface area contributed by atoms with Gasteiger partial charge in [-0.25, -0.2) is 0 Å². The first kappa shape index (κ1) is 19.2. The molecule has 3 nitrogen and oxygen atoms in total. The molecule has 0 heterocycles. The van der Waals surface area contributed by atoms with E-state index in [9.17, 15) is 0 Å². The second kappa shape index (κ2) is 11.4. The molecule has 1 amide bonds. The van der Waals surface area contributed by atoms with Gasteiger partial charge >= 0.3 is 0 Å². The average Bonchev–Trinajstić information content (AvgIpc) is 2.71. The van der Waals surface area contributed by atoms with E-state index >= 15 is 0 Å². The van der Waals surface area contributed by atoms with Crippen LogP contribution in [-0.4, -0.2) is 13.0 Å². The summed E-state index contributed by atoms with van der Waals surface area (Å²) in [4.78, 5) is 8.58. The highest BCUT2D eigenvalue weighted by atomic mass is 16.1. The third-order valence-electron chi connectivity index (χ3n) is 3.79. The molecule has 0 unspecified atom stereocenters. The lowest BCUT2D eigenvalue weighted by Crippen LogP contribution is -2.13. The topological polar surface area (TPSA) is 55.1 Å². The zero-order valence-electron chi connectivity index (χ0n) is 14.7. The highest BCUT2D eigenvalue weighted by Crippen LogP contribution is 2.22. The Morgan fingerprint density at radius 3 is 1.65 bits per heavy atom. The fraction of sp³-hybridized carbons (Fsp3) is 0.0870. The molecule has 3 aromatic rings. The number of hydrogen-bond donors (Lipinski definition) is 2. The summed E-state index contributed by atoms with van der Waals surface area (Å²) < 4.78 is 0. The highest BCUT2D eigenvalue weighted by Gasteiger charge is 2.03. The average molecular weight is 344 g/mol. The first-order chi connectivity index (χ1) is 12.8. The van der Waals surface area contributed by atoms with Crippen molar-refractivity contribution in [3.8, 4) is 0 Å². The van der Waals surface area contributed by atoms with Crippen LogP contribution in [-0.2, 0) is 11.3 Å². The predicted octanol–water partition coefficient (Wildman–Crippen LogP) is 4.01. The van der Waals surface area contributed by atoms with Crippen LogP contribution in [0.3, 0.4) is 0 Å². The zero-order chi connectivity index (χ0) is 18.5. The minimum atomic E-state index is 0.250. The summed E-state index contributed by atoms with van der Waals surface area (Å²) in [5.41, 5.74) is 9.24. The quantitative estimate of drug-likeness (QED) is 0.524. The molecule has 0 aliphatic rings. The number of carbonyl (C=O) groups excluding carboxylic acids is 1. The lowest BCUT2D eigenvalue weighted by molar-refractivity contribution is -0.106. The van der Waals surface area contributed by atoms with Crippen LogP contribution in [0.4, 0.5) is 0 Å². The summed E-state index contributed by atoms with van der Waals surface area (Å²) in [5, 5.41) is 3.50. The standard InChI is InChI=1S/C22H21N.CH3NO/c1-4-10-19(11-5-1)18-23-17-16-22(20-12-6-2-7-13-20)21-14-8-3-9-15-21;2-1-3/h1-16,23H,17-18H2;1H,(H2,2,3).